The van der Waals surface area contributed by atoms with Crippen LogP contribution in [-0.4, -0.2) is 19.6 Å². The van der Waals surface area contributed by atoms with E-state index in [-0.39, 0.29) is 0 Å². The van der Waals surface area contributed by atoms with E-state index >= 15 is 0 Å². The fourth-order valence-corrected chi connectivity index (χ4v) is 1.41. The van der Waals surface area contributed by atoms with Gasteiger partial charge >= 0.3 is 0 Å². The van der Waals surface area contributed by atoms with E-state index in [4.69, 9.17) is 0 Å². The van der Waals surface area contributed by atoms with E-state index < -0.39 is 0 Å². The van der Waals surface area contributed by atoms with E-state index in [0.717, 1.165) is 19.0 Å². The molecule has 0 bridgehead atoms. The van der Waals surface area contributed by atoms with E-state index in [2.05, 4.69) is 60.7 Å². The predicted molar refractivity (Wildman–Crippen MR) is 74.2 cm³/mol. The van der Waals surface area contributed by atoms with Crippen molar-refractivity contribution in [3.05, 3.63) is 35.4 Å². The maximum absolute atomic E-state index is 4.19. The van der Waals surface area contributed by atoms with Crippen LogP contribution < -0.4 is 10.6 Å². The van der Waals surface area contributed by atoms with Crippen molar-refractivity contribution in [1.29, 1.82) is 0 Å². The number of benzene rings is 1. The zero-order chi connectivity index (χ0) is 12.7. The summed E-state index contributed by atoms with van der Waals surface area (Å²) in [7, 11) is 1.80. The van der Waals surface area contributed by atoms with Gasteiger partial charge in [-0.1, -0.05) is 43.7 Å². The van der Waals surface area contributed by atoms with Gasteiger partial charge < -0.3 is 10.6 Å². The third-order valence-electron chi connectivity index (χ3n) is 2.48. The van der Waals surface area contributed by atoms with Crippen LogP contribution in [0.2, 0.25) is 0 Å². The summed E-state index contributed by atoms with van der Waals surface area (Å²) in [5.74, 6) is 1.48. The Kier molecular flexibility index (Phi) is 5.53. The summed E-state index contributed by atoms with van der Waals surface area (Å²) in [4.78, 5) is 4.19. The number of guanidine groups is 1. The molecule has 1 aromatic carbocycles. The van der Waals surface area contributed by atoms with Crippen molar-refractivity contribution in [3.8, 4) is 0 Å². The first-order chi connectivity index (χ1) is 8.11. The number of nitrogens with zero attached hydrogens (tertiary/aromatic N) is 1. The second kappa shape index (κ2) is 6.94. The lowest BCUT2D eigenvalue weighted by Crippen LogP contribution is -2.38. The smallest absolute Gasteiger partial charge is 0.191 e. The van der Waals surface area contributed by atoms with Gasteiger partial charge in [0.2, 0.25) is 0 Å². The Morgan fingerprint density at radius 3 is 2.35 bits per heavy atom. The minimum absolute atomic E-state index is 0.618. The molecule has 0 aliphatic carbocycles. The van der Waals surface area contributed by atoms with Crippen LogP contribution in [0.4, 0.5) is 0 Å². The zero-order valence-electron chi connectivity index (χ0n) is 11.2. The largest absolute Gasteiger partial charge is 0.356 e. The van der Waals surface area contributed by atoms with Gasteiger partial charge in [0.25, 0.3) is 0 Å². The van der Waals surface area contributed by atoms with Crippen LogP contribution in [0.5, 0.6) is 0 Å². The van der Waals surface area contributed by atoms with Crippen molar-refractivity contribution in [2.45, 2.75) is 27.3 Å². The lowest BCUT2D eigenvalue weighted by molar-refractivity contribution is 0.614. The van der Waals surface area contributed by atoms with Crippen LogP contribution >= 0.6 is 0 Å². The average molecular weight is 233 g/mol. The van der Waals surface area contributed by atoms with Gasteiger partial charge in [-0.05, 0) is 18.4 Å². The zero-order valence-corrected chi connectivity index (χ0v) is 11.2. The van der Waals surface area contributed by atoms with Crippen molar-refractivity contribution in [1.82, 2.24) is 10.6 Å². The van der Waals surface area contributed by atoms with E-state index in [1.165, 1.54) is 11.1 Å². The maximum atomic E-state index is 4.19. The summed E-state index contributed by atoms with van der Waals surface area (Å²) < 4.78 is 0. The first-order valence-electron chi connectivity index (χ1n) is 6.12. The summed E-state index contributed by atoms with van der Waals surface area (Å²) in [6, 6.07) is 8.53. The lowest BCUT2D eigenvalue weighted by Gasteiger charge is -2.13. The van der Waals surface area contributed by atoms with E-state index in [9.17, 15) is 0 Å². The molecule has 0 unspecified atom stereocenters. The molecule has 3 nitrogen and oxygen atoms in total. The molecule has 0 spiro atoms. The Morgan fingerprint density at radius 1 is 1.18 bits per heavy atom. The molecule has 0 fully saturated rings. The molecule has 0 amide bonds. The van der Waals surface area contributed by atoms with Crippen molar-refractivity contribution >= 4 is 5.96 Å². The normalized spacial score (nSPS) is 11.7. The van der Waals surface area contributed by atoms with Gasteiger partial charge in [0.1, 0.15) is 0 Å². The topological polar surface area (TPSA) is 36.4 Å². The molecule has 0 aliphatic rings. The standard InChI is InChI=1S/C14H23N3/c1-11(2)9-16-14(15-4)17-10-13-7-5-12(3)6-8-13/h5-8,11H,9-10H2,1-4H3,(H2,15,16,17). The van der Waals surface area contributed by atoms with Gasteiger partial charge in [0, 0.05) is 20.1 Å². The Bertz CT molecular complexity index is 352. The molecule has 1 rings (SSSR count). The lowest BCUT2D eigenvalue weighted by atomic mass is 10.1. The first kappa shape index (κ1) is 13.6. The average Bonchev–Trinajstić information content (AvgIpc) is 2.31. The van der Waals surface area contributed by atoms with E-state index in [0.29, 0.717) is 5.92 Å². The number of hydrogen-bond donors (Lipinski definition) is 2. The third-order valence-corrected chi connectivity index (χ3v) is 2.48. The van der Waals surface area contributed by atoms with Gasteiger partial charge in [-0.25, -0.2) is 0 Å². The highest BCUT2D eigenvalue weighted by Crippen LogP contribution is 2.02. The molecule has 0 aliphatic heterocycles. The Morgan fingerprint density at radius 2 is 1.82 bits per heavy atom. The second-order valence-electron chi connectivity index (χ2n) is 4.69. The Hall–Kier alpha value is -1.51. The Balaban J connectivity index is 2.40. The molecule has 3 heteroatoms. The summed E-state index contributed by atoms with van der Waals surface area (Å²) in [5.41, 5.74) is 2.55. The van der Waals surface area contributed by atoms with Crippen LogP contribution in [0.25, 0.3) is 0 Å². The Labute approximate surface area is 104 Å². The van der Waals surface area contributed by atoms with Crippen molar-refractivity contribution in [2.75, 3.05) is 13.6 Å². The van der Waals surface area contributed by atoms with Crippen LogP contribution in [-0.2, 0) is 6.54 Å². The molecule has 0 aromatic heterocycles. The van der Waals surface area contributed by atoms with Crippen LogP contribution in [0, 0.1) is 12.8 Å². The fourth-order valence-electron chi connectivity index (χ4n) is 1.41. The first-order valence-corrected chi connectivity index (χ1v) is 6.12. The number of aliphatic imine (C=N–C) groups is 1. The fraction of sp³-hybridized carbons (Fsp3) is 0.500. The second-order valence-corrected chi connectivity index (χ2v) is 4.69. The minimum Gasteiger partial charge on any atom is -0.356 e. The molecular weight excluding hydrogens is 210 g/mol. The molecule has 0 heterocycles. The van der Waals surface area contributed by atoms with E-state index in [1.54, 1.807) is 7.05 Å². The number of rotatable bonds is 4. The van der Waals surface area contributed by atoms with Gasteiger partial charge in [0.05, 0.1) is 0 Å². The maximum Gasteiger partial charge on any atom is 0.191 e. The molecule has 0 saturated heterocycles. The summed E-state index contributed by atoms with van der Waals surface area (Å²) in [6.45, 7) is 8.20. The summed E-state index contributed by atoms with van der Waals surface area (Å²) in [5, 5.41) is 6.59. The minimum atomic E-state index is 0.618. The summed E-state index contributed by atoms with van der Waals surface area (Å²) >= 11 is 0. The molecule has 0 atom stereocenters. The number of hydrogen-bond acceptors (Lipinski definition) is 1. The molecular formula is C14H23N3. The van der Waals surface area contributed by atoms with Crippen LogP contribution in [0.15, 0.2) is 29.3 Å². The molecule has 94 valence electrons. The van der Waals surface area contributed by atoms with Gasteiger partial charge in [-0.3, -0.25) is 4.99 Å². The van der Waals surface area contributed by atoms with Gasteiger partial charge in [0.15, 0.2) is 5.96 Å². The van der Waals surface area contributed by atoms with Crippen LogP contribution in [0.3, 0.4) is 0 Å². The van der Waals surface area contributed by atoms with Crippen LogP contribution in [0.1, 0.15) is 25.0 Å². The monoisotopic (exact) mass is 233 g/mol. The SMILES string of the molecule is CN=C(NCc1ccc(C)cc1)NCC(C)C. The highest BCUT2D eigenvalue weighted by molar-refractivity contribution is 5.79. The quantitative estimate of drug-likeness (QED) is 0.618. The van der Waals surface area contributed by atoms with Gasteiger partial charge in [-0.15, -0.1) is 0 Å². The third kappa shape index (κ3) is 5.38. The van der Waals surface area contributed by atoms with Crippen molar-refractivity contribution in [2.24, 2.45) is 10.9 Å². The molecule has 0 radical (unpaired) electrons. The molecule has 2 N–H and O–H groups in total. The van der Waals surface area contributed by atoms with E-state index in [1.807, 2.05) is 0 Å². The highest BCUT2D eigenvalue weighted by Gasteiger charge is 1.99. The number of nitrogens with one attached hydrogen (secondary N) is 2. The highest BCUT2D eigenvalue weighted by atomic mass is 15.2. The van der Waals surface area contributed by atoms with Crippen molar-refractivity contribution < 1.29 is 0 Å². The predicted octanol–water partition coefficient (Wildman–Crippen LogP) is 2.32. The number of aryl methyl sites for hydroxylation is 1. The molecule has 17 heavy (non-hydrogen) atoms. The molecule has 1 aromatic rings. The van der Waals surface area contributed by atoms with Crippen molar-refractivity contribution in [3.63, 3.8) is 0 Å². The van der Waals surface area contributed by atoms with Gasteiger partial charge in [-0.2, -0.15) is 0 Å². The summed E-state index contributed by atoms with van der Waals surface area (Å²) in [6.07, 6.45) is 0. The molecule has 0 saturated carbocycles.